The molecule has 0 aromatic carbocycles. The van der Waals surface area contributed by atoms with Gasteiger partial charge in [0.05, 0.1) is 0 Å². The van der Waals surface area contributed by atoms with Crippen molar-refractivity contribution in [3.05, 3.63) is 11.6 Å². The molecule has 68 valence electrons. The van der Waals surface area contributed by atoms with Crippen LogP contribution in [0.25, 0.3) is 0 Å². The van der Waals surface area contributed by atoms with Gasteiger partial charge in [0.15, 0.2) is 5.13 Å². The van der Waals surface area contributed by atoms with Gasteiger partial charge in [0.25, 0.3) is 0 Å². The number of nitrogens with one attached hydrogen (secondary N) is 1. The Morgan fingerprint density at radius 1 is 1.42 bits per heavy atom. The highest BCUT2D eigenvalue weighted by molar-refractivity contribution is 7.13. The Hall–Kier alpha value is -0.570. The molecule has 0 fully saturated rings. The first kappa shape index (κ1) is 9.52. The van der Waals surface area contributed by atoms with Gasteiger partial charge in [-0.2, -0.15) is 0 Å². The molecule has 0 unspecified atom stereocenters. The van der Waals surface area contributed by atoms with E-state index in [2.05, 4.69) is 17.2 Å². The highest BCUT2D eigenvalue weighted by Crippen LogP contribution is 2.10. The fraction of sp³-hybridized carbons (Fsp3) is 0.667. The number of anilines is 1. The molecule has 2 nitrogen and oxygen atoms in total. The van der Waals surface area contributed by atoms with E-state index in [1.807, 2.05) is 11.6 Å². The normalized spacial score (nSPS) is 10.1. The Labute approximate surface area is 78.0 Å². The number of unbranched alkanes of at least 4 members (excludes halogenated alkanes) is 3. The predicted octanol–water partition coefficient (Wildman–Crippen LogP) is 3.14. The lowest BCUT2D eigenvalue weighted by Crippen LogP contribution is -2.00. The number of thiazole rings is 1. The van der Waals surface area contributed by atoms with Crippen LogP contribution in [0.15, 0.2) is 11.6 Å². The van der Waals surface area contributed by atoms with Crippen molar-refractivity contribution >= 4 is 16.5 Å². The van der Waals surface area contributed by atoms with E-state index in [0.717, 1.165) is 11.7 Å². The van der Waals surface area contributed by atoms with E-state index in [9.17, 15) is 0 Å². The fourth-order valence-electron chi connectivity index (χ4n) is 1.06. The molecule has 1 heterocycles. The van der Waals surface area contributed by atoms with Crippen molar-refractivity contribution in [1.29, 1.82) is 0 Å². The van der Waals surface area contributed by atoms with Gasteiger partial charge in [0.2, 0.25) is 0 Å². The lowest BCUT2D eigenvalue weighted by Gasteiger charge is -2.00. The Morgan fingerprint density at radius 2 is 2.33 bits per heavy atom. The second-order valence-corrected chi connectivity index (χ2v) is 3.72. The van der Waals surface area contributed by atoms with Gasteiger partial charge in [-0.25, -0.2) is 4.98 Å². The summed E-state index contributed by atoms with van der Waals surface area (Å²) < 4.78 is 0. The second kappa shape index (κ2) is 6.00. The molecule has 0 saturated carbocycles. The molecule has 0 spiro atoms. The molecule has 1 N–H and O–H groups in total. The van der Waals surface area contributed by atoms with E-state index in [0.29, 0.717) is 0 Å². The van der Waals surface area contributed by atoms with Gasteiger partial charge in [0.1, 0.15) is 0 Å². The predicted molar refractivity (Wildman–Crippen MR) is 54.7 cm³/mol. The molecule has 12 heavy (non-hydrogen) atoms. The van der Waals surface area contributed by atoms with Crippen LogP contribution in [-0.2, 0) is 0 Å². The van der Waals surface area contributed by atoms with Gasteiger partial charge in [-0.05, 0) is 6.42 Å². The molecular weight excluding hydrogens is 168 g/mol. The summed E-state index contributed by atoms with van der Waals surface area (Å²) in [5, 5.41) is 6.33. The summed E-state index contributed by atoms with van der Waals surface area (Å²) in [6, 6.07) is 0. The molecule has 0 atom stereocenters. The highest BCUT2D eigenvalue weighted by Gasteiger charge is 1.92. The minimum atomic E-state index is 1.05. The fourth-order valence-corrected chi connectivity index (χ4v) is 1.62. The van der Waals surface area contributed by atoms with Crippen LogP contribution in [0.4, 0.5) is 5.13 Å². The third kappa shape index (κ3) is 3.72. The molecule has 0 amide bonds. The summed E-state index contributed by atoms with van der Waals surface area (Å²) in [4.78, 5) is 4.14. The van der Waals surface area contributed by atoms with Gasteiger partial charge >= 0.3 is 0 Å². The van der Waals surface area contributed by atoms with E-state index >= 15 is 0 Å². The van der Waals surface area contributed by atoms with Crippen molar-refractivity contribution in [1.82, 2.24) is 4.98 Å². The van der Waals surface area contributed by atoms with Gasteiger partial charge in [-0.1, -0.05) is 26.2 Å². The summed E-state index contributed by atoms with van der Waals surface area (Å²) in [7, 11) is 0. The molecule has 0 bridgehead atoms. The van der Waals surface area contributed by atoms with Crippen LogP contribution in [0.3, 0.4) is 0 Å². The molecular formula is C9H16N2S. The first-order valence-corrected chi connectivity index (χ1v) is 5.45. The standard InChI is InChI=1S/C9H16N2S/c1-2-3-4-5-6-10-9-11-7-8-12-9/h7-8H,2-6H2,1H3,(H,10,11). The van der Waals surface area contributed by atoms with E-state index in [4.69, 9.17) is 0 Å². The zero-order valence-electron chi connectivity index (χ0n) is 7.55. The molecule has 1 aromatic rings. The Balaban J connectivity index is 1.96. The molecule has 0 saturated heterocycles. The van der Waals surface area contributed by atoms with E-state index in [1.165, 1.54) is 25.7 Å². The maximum atomic E-state index is 4.14. The van der Waals surface area contributed by atoms with E-state index < -0.39 is 0 Å². The highest BCUT2D eigenvalue weighted by atomic mass is 32.1. The van der Waals surface area contributed by atoms with Crippen LogP contribution in [0, 0.1) is 0 Å². The lowest BCUT2D eigenvalue weighted by molar-refractivity contribution is 0.685. The van der Waals surface area contributed by atoms with Gasteiger partial charge in [0, 0.05) is 18.1 Å². The largest absolute Gasteiger partial charge is 0.362 e. The van der Waals surface area contributed by atoms with E-state index in [1.54, 1.807) is 11.3 Å². The lowest BCUT2D eigenvalue weighted by atomic mass is 10.2. The first-order valence-electron chi connectivity index (χ1n) is 4.57. The van der Waals surface area contributed by atoms with Crippen LogP contribution in [0.1, 0.15) is 32.6 Å². The van der Waals surface area contributed by atoms with Crippen molar-refractivity contribution in [3.8, 4) is 0 Å². The topological polar surface area (TPSA) is 24.9 Å². The van der Waals surface area contributed by atoms with Crippen molar-refractivity contribution in [3.63, 3.8) is 0 Å². The minimum Gasteiger partial charge on any atom is -0.362 e. The molecule has 1 aromatic heterocycles. The zero-order chi connectivity index (χ0) is 8.65. The second-order valence-electron chi connectivity index (χ2n) is 2.82. The maximum absolute atomic E-state index is 4.14. The Kier molecular flexibility index (Phi) is 4.76. The summed E-state index contributed by atoms with van der Waals surface area (Å²) >= 11 is 1.66. The summed E-state index contributed by atoms with van der Waals surface area (Å²) in [6.07, 6.45) is 7.07. The summed E-state index contributed by atoms with van der Waals surface area (Å²) in [6.45, 7) is 3.29. The number of hydrogen-bond donors (Lipinski definition) is 1. The third-order valence-electron chi connectivity index (χ3n) is 1.74. The molecule has 3 heteroatoms. The summed E-state index contributed by atoms with van der Waals surface area (Å²) in [5.41, 5.74) is 0. The van der Waals surface area contributed by atoms with Crippen LogP contribution in [0.2, 0.25) is 0 Å². The SMILES string of the molecule is CCCCCCNc1nccs1. The van der Waals surface area contributed by atoms with Crippen LogP contribution in [0.5, 0.6) is 0 Å². The van der Waals surface area contributed by atoms with E-state index in [-0.39, 0.29) is 0 Å². The number of aromatic nitrogens is 1. The average molecular weight is 184 g/mol. The quantitative estimate of drug-likeness (QED) is 0.687. The van der Waals surface area contributed by atoms with Crippen molar-refractivity contribution in [2.45, 2.75) is 32.6 Å². The van der Waals surface area contributed by atoms with Crippen LogP contribution in [-0.4, -0.2) is 11.5 Å². The van der Waals surface area contributed by atoms with Crippen molar-refractivity contribution in [2.24, 2.45) is 0 Å². The number of hydrogen-bond acceptors (Lipinski definition) is 3. The molecule has 0 aliphatic heterocycles. The first-order chi connectivity index (χ1) is 5.93. The van der Waals surface area contributed by atoms with Crippen molar-refractivity contribution in [2.75, 3.05) is 11.9 Å². The smallest absolute Gasteiger partial charge is 0.182 e. The monoisotopic (exact) mass is 184 g/mol. The number of nitrogens with zero attached hydrogens (tertiary/aromatic N) is 1. The third-order valence-corrected chi connectivity index (χ3v) is 2.47. The minimum absolute atomic E-state index is 1.05. The maximum Gasteiger partial charge on any atom is 0.182 e. The molecule has 0 radical (unpaired) electrons. The molecule has 0 aliphatic rings. The Morgan fingerprint density at radius 3 is 3.00 bits per heavy atom. The molecule has 1 rings (SSSR count). The number of rotatable bonds is 6. The van der Waals surface area contributed by atoms with Crippen LogP contribution >= 0.6 is 11.3 Å². The average Bonchev–Trinajstić information content (AvgIpc) is 2.57. The summed E-state index contributed by atoms with van der Waals surface area (Å²) in [5.74, 6) is 0. The van der Waals surface area contributed by atoms with Gasteiger partial charge in [-0.3, -0.25) is 0 Å². The van der Waals surface area contributed by atoms with Gasteiger partial charge in [-0.15, -0.1) is 11.3 Å². The van der Waals surface area contributed by atoms with Crippen molar-refractivity contribution < 1.29 is 0 Å². The zero-order valence-corrected chi connectivity index (χ0v) is 8.36. The molecule has 0 aliphatic carbocycles. The van der Waals surface area contributed by atoms with Crippen LogP contribution < -0.4 is 5.32 Å². The Bertz CT molecular complexity index is 184. The van der Waals surface area contributed by atoms with Gasteiger partial charge < -0.3 is 5.32 Å².